The summed E-state index contributed by atoms with van der Waals surface area (Å²) in [6.45, 7) is 1.74. The number of aliphatic hydroxyl groups is 2. The monoisotopic (exact) mass is 256 g/mol. The van der Waals surface area contributed by atoms with E-state index >= 15 is 0 Å². The maximum atomic E-state index is 11.9. The molecule has 0 bridgehead atoms. The van der Waals surface area contributed by atoms with Crippen molar-refractivity contribution in [3.8, 4) is 0 Å². The summed E-state index contributed by atoms with van der Waals surface area (Å²) in [6.07, 6.45) is 0.0870. The number of hydrogen-bond donors (Lipinski definition) is 3. The standard InChI is InChI=1S/C11H16N2O5/c1-6-9(12-5-18-6)11(16)13-7-2-3-17-8(4-14)10(7)15/h5,7-8,10,14-15H,2-4H2,1H3,(H,13,16)/t7-,8+,10-/m0/s1. The molecule has 2 rings (SSSR count). The number of carbonyl (C=O) groups is 1. The van der Waals surface area contributed by atoms with Gasteiger partial charge in [-0.2, -0.15) is 0 Å². The molecule has 0 aliphatic carbocycles. The van der Waals surface area contributed by atoms with Crippen LogP contribution in [-0.4, -0.2) is 52.6 Å². The minimum atomic E-state index is -0.931. The van der Waals surface area contributed by atoms with Crippen molar-refractivity contribution in [3.05, 3.63) is 17.8 Å². The number of ether oxygens (including phenoxy) is 1. The van der Waals surface area contributed by atoms with E-state index in [0.717, 1.165) is 0 Å². The molecule has 1 amide bonds. The molecule has 7 heteroatoms. The third-order valence-electron chi connectivity index (χ3n) is 3.01. The number of carbonyl (C=O) groups excluding carboxylic acids is 1. The van der Waals surface area contributed by atoms with Crippen molar-refractivity contribution in [3.63, 3.8) is 0 Å². The Labute approximate surface area is 104 Å². The number of rotatable bonds is 3. The summed E-state index contributed by atoms with van der Waals surface area (Å²) in [4.78, 5) is 15.7. The van der Waals surface area contributed by atoms with Gasteiger partial charge in [-0.05, 0) is 13.3 Å². The van der Waals surface area contributed by atoms with E-state index in [9.17, 15) is 9.90 Å². The van der Waals surface area contributed by atoms with Crippen LogP contribution in [-0.2, 0) is 4.74 Å². The van der Waals surface area contributed by atoms with E-state index in [1.54, 1.807) is 6.92 Å². The van der Waals surface area contributed by atoms with E-state index in [2.05, 4.69) is 10.3 Å². The largest absolute Gasteiger partial charge is 0.448 e. The molecule has 7 nitrogen and oxygen atoms in total. The molecule has 1 fully saturated rings. The predicted octanol–water partition coefficient (Wildman–Crippen LogP) is -0.776. The predicted molar refractivity (Wildman–Crippen MR) is 59.9 cm³/mol. The van der Waals surface area contributed by atoms with Gasteiger partial charge in [-0.15, -0.1) is 0 Å². The van der Waals surface area contributed by atoms with Gasteiger partial charge >= 0.3 is 0 Å². The van der Waals surface area contributed by atoms with Crippen molar-refractivity contribution in [2.45, 2.75) is 31.6 Å². The summed E-state index contributed by atoms with van der Waals surface area (Å²) >= 11 is 0. The smallest absolute Gasteiger partial charge is 0.273 e. The summed E-state index contributed by atoms with van der Waals surface area (Å²) in [5.74, 6) is 0.0247. The lowest BCUT2D eigenvalue weighted by atomic mass is 10.00. The van der Waals surface area contributed by atoms with Gasteiger partial charge < -0.3 is 24.7 Å². The normalized spacial score (nSPS) is 28.1. The highest BCUT2D eigenvalue weighted by molar-refractivity contribution is 5.93. The molecule has 1 saturated heterocycles. The first-order chi connectivity index (χ1) is 8.63. The second-order valence-corrected chi connectivity index (χ2v) is 4.21. The zero-order valence-corrected chi connectivity index (χ0v) is 10.00. The fraction of sp³-hybridized carbons (Fsp3) is 0.636. The van der Waals surface area contributed by atoms with Crippen LogP contribution in [0.15, 0.2) is 10.8 Å². The van der Waals surface area contributed by atoms with E-state index in [1.165, 1.54) is 6.39 Å². The molecule has 0 spiro atoms. The first-order valence-electron chi connectivity index (χ1n) is 5.75. The molecule has 3 atom stereocenters. The number of amides is 1. The van der Waals surface area contributed by atoms with Gasteiger partial charge in [-0.3, -0.25) is 4.79 Å². The summed E-state index contributed by atoms with van der Waals surface area (Å²) < 4.78 is 10.1. The first kappa shape index (κ1) is 13.0. The molecule has 2 heterocycles. The quantitative estimate of drug-likeness (QED) is 0.655. The number of aryl methyl sites for hydroxylation is 1. The van der Waals surface area contributed by atoms with Gasteiger partial charge in [0.05, 0.1) is 12.6 Å². The third-order valence-corrected chi connectivity index (χ3v) is 3.01. The fourth-order valence-electron chi connectivity index (χ4n) is 1.95. The molecule has 0 saturated carbocycles. The Bertz CT molecular complexity index is 419. The van der Waals surface area contributed by atoms with E-state index in [-0.39, 0.29) is 12.3 Å². The molecular weight excluding hydrogens is 240 g/mol. The maximum absolute atomic E-state index is 11.9. The molecule has 0 aromatic carbocycles. The van der Waals surface area contributed by atoms with Crippen LogP contribution in [0, 0.1) is 6.92 Å². The summed E-state index contributed by atoms with van der Waals surface area (Å²) in [6, 6.07) is -0.459. The van der Waals surface area contributed by atoms with Gasteiger partial charge in [0.25, 0.3) is 5.91 Å². The van der Waals surface area contributed by atoms with Crippen molar-refractivity contribution < 1.29 is 24.2 Å². The Morgan fingerprint density at radius 1 is 1.67 bits per heavy atom. The Morgan fingerprint density at radius 2 is 2.44 bits per heavy atom. The van der Waals surface area contributed by atoms with Crippen LogP contribution >= 0.6 is 0 Å². The van der Waals surface area contributed by atoms with E-state index < -0.39 is 24.2 Å². The molecule has 1 aromatic rings. The Kier molecular flexibility index (Phi) is 3.95. The van der Waals surface area contributed by atoms with Crippen LogP contribution in [0.1, 0.15) is 22.7 Å². The number of hydrogen-bond acceptors (Lipinski definition) is 6. The average molecular weight is 256 g/mol. The van der Waals surface area contributed by atoms with Crippen molar-refractivity contribution in [1.82, 2.24) is 10.3 Å². The van der Waals surface area contributed by atoms with Crippen LogP contribution in [0.4, 0.5) is 0 Å². The van der Waals surface area contributed by atoms with Gasteiger partial charge in [-0.25, -0.2) is 4.98 Å². The second kappa shape index (κ2) is 5.47. The molecule has 3 N–H and O–H groups in total. The number of nitrogens with one attached hydrogen (secondary N) is 1. The first-order valence-corrected chi connectivity index (χ1v) is 5.75. The average Bonchev–Trinajstić information content (AvgIpc) is 2.78. The van der Waals surface area contributed by atoms with Gasteiger partial charge in [0, 0.05) is 6.61 Å². The lowest BCUT2D eigenvalue weighted by molar-refractivity contribution is -0.107. The molecule has 0 unspecified atom stereocenters. The van der Waals surface area contributed by atoms with Gasteiger partial charge in [0.15, 0.2) is 12.1 Å². The van der Waals surface area contributed by atoms with Crippen molar-refractivity contribution >= 4 is 5.91 Å². The van der Waals surface area contributed by atoms with Crippen LogP contribution in [0.2, 0.25) is 0 Å². The van der Waals surface area contributed by atoms with Crippen LogP contribution < -0.4 is 5.32 Å². The van der Waals surface area contributed by atoms with Crippen molar-refractivity contribution in [2.24, 2.45) is 0 Å². The third kappa shape index (κ3) is 2.53. The molecule has 1 aromatic heterocycles. The number of oxazole rings is 1. The lowest BCUT2D eigenvalue weighted by Gasteiger charge is -2.34. The van der Waals surface area contributed by atoms with Crippen molar-refractivity contribution in [2.75, 3.05) is 13.2 Å². The SMILES string of the molecule is Cc1ocnc1C(=O)N[C@H]1CCO[C@H](CO)[C@H]1O. The molecule has 1 aliphatic heterocycles. The summed E-state index contributed by atoms with van der Waals surface area (Å²) in [7, 11) is 0. The Morgan fingerprint density at radius 3 is 3.06 bits per heavy atom. The van der Waals surface area contributed by atoms with E-state index in [1.807, 2.05) is 0 Å². The second-order valence-electron chi connectivity index (χ2n) is 4.21. The minimum absolute atomic E-state index is 0.203. The van der Waals surface area contributed by atoms with Gasteiger partial charge in [0.1, 0.15) is 18.0 Å². The minimum Gasteiger partial charge on any atom is -0.448 e. The Balaban J connectivity index is 2.01. The topological polar surface area (TPSA) is 105 Å². The van der Waals surface area contributed by atoms with E-state index in [4.69, 9.17) is 14.3 Å². The molecule has 1 aliphatic rings. The van der Waals surface area contributed by atoms with Gasteiger partial charge in [0.2, 0.25) is 0 Å². The Hall–Kier alpha value is -1.44. The van der Waals surface area contributed by atoms with E-state index in [0.29, 0.717) is 18.8 Å². The highest BCUT2D eigenvalue weighted by Gasteiger charge is 2.33. The summed E-state index contributed by atoms with van der Waals surface area (Å²) in [5, 5.41) is 21.6. The van der Waals surface area contributed by atoms with Crippen LogP contribution in [0.3, 0.4) is 0 Å². The lowest BCUT2D eigenvalue weighted by Crippen LogP contribution is -2.54. The zero-order valence-electron chi connectivity index (χ0n) is 10.00. The number of aliphatic hydroxyl groups excluding tert-OH is 2. The maximum Gasteiger partial charge on any atom is 0.273 e. The molecule has 100 valence electrons. The zero-order chi connectivity index (χ0) is 13.1. The molecular formula is C11H16N2O5. The summed E-state index contributed by atoms with van der Waals surface area (Å²) in [5.41, 5.74) is 0.203. The molecule has 0 radical (unpaired) electrons. The van der Waals surface area contributed by atoms with Crippen LogP contribution in [0.5, 0.6) is 0 Å². The fourth-order valence-corrected chi connectivity index (χ4v) is 1.95. The number of nitrogens with zero attached hydrogens (tertiary/aromatic N) is 1. The highest BCUT2D eigenvalue weighted by Crippen LogP contribution is 2.15. The van der Waals surface area contributed by atoms with Gasteiger partial charge in [-0.1, -0.05) is 0 Å². The van der Waals surface area contributed by atoms with Crippen LogP contribution in [0.25, 0.3) is 0 Å². The molecule has 18 heavy (non-hydrogen) atoms. The van der Waals surface area contributed by atoms with Crippen molar-refractivity contribution in [1.29, 1.82) is 0 Å². The number of aromatic nitrogens is 1. The highest BCUT2D eigenvalue weighted by atomic mass is 16.5.